The molecule has 0 unspecified atom stereocenters. The van der Waals surface area contributed by atoms with E-state index in [2.05, 4.69) is 52.1 Å². The van der Waals surface area contributed by atoms with Crippen molar-refractivity contribution in [2.24, 2.45) is 0 Å². The highest BCUT2D eigenvalue weighted by molar-refractivity contribution is 5.66. The minimum Gasteiger partial charge on any atom is -0.382 e. The summed E-state index contributed by atoms with van der Waals surface area (Å²) in [6.45, 7) is 16.1. The smallest absolute Gasteiger partial charge is 0.123 e. The standard InChI is InChI=1S/C23H23FN4.C2H6.C2H4/c1-17(20-14-25-16-26-15-20)28-11-9-23(10-12-28)27-22-7-5-18(6-8-22)19-3-2-4-21(24)13-19;2*1-2/h2-8,13-16,23,27H,1,9-12H2;1-2H3;1-2H2. The monoisotopic (exact) mass is 432 g/mol. The summed E-state index contributed by atoms with van der Waals surface area (Å²) in [7, 11) is 0. The minimum absolute atomic E-state index is 0.213. The molecule has 0 spiro atoms. The average Bonchev–Trinajstić information content (AvgIpc) is 2.87. The SMILES string of the molecule is C=C.C=C(c1cncnc1)N1CCC(Nc2ccc(-c3cccc(F)c3)cc2)CC1.CC. The van der Waals surface area contributed by atoms with E-state index >= 15 is 0 Å². The van der Waals surface area contributed by atoms with Crippen molar-refractivity contribution in [3.05, 3.63) is 98.4 Å². The molecule has 32 heavy (non-hydrogen) atoms. The molecule has 4 nitrogen and oxygen atoms in total. The largest absolute Gasteiger partial charge is 0.382 e. The molecule has 0 aliphatic carbocycles. The number of rotatable bonds is 5. The van der Waals surface area contributed by atoms with E-state index in [0.717, 1.165) is 54.0 Å². The predicted molar refractivity (Wildman–Crippen MR) is 134 cm³/mol. The highest BCUT2D eigenvalue weighted by Crippen LogP contribution is 2.25. The summed E-state index contributed by atoms with van der Waals surface area (Å²) in [5.41, 5.74) is 4.96. The number of hydrogen-bond acceptors (Lipinski definition) is 4. The number of nitrogens with one attached hydrogen (secondary N) is 1. The number of anilines is 1. The predicted octanol–water partition coefficient (Wildman–Crippen LogP) is 6.66. The van der Waals surface area contributed by atoms with E-state index in [1.165, 1.54) is 12.4 Å². The Morgan fingerprint density at radius 2 is 1.59 bits per heavy atom. The molecule has 0 saturated carbocycles. The van der Waals surface area contributed by atoms with Crippen molar-refractivity contribution in [3.8, 4) is 11.1 Å². The maximum Gasteiger partial charge on any atom is 0.123 e. The average molecular weight is 433 g/mol. The molecule has 3 aromatic rings. The lowest BCUT2D eigenvalue weighted by atomic mass is 10.0. The zero-order chi connectivity index (χ0) is 23.3. The van der Waals surface area contributed by atoms with Crippen molar-refractivity contribution in [1.29, 1.82) is 0 Å². The molecule has 4 rings (SSSR count). The first-order chi connectivity index (χ1) is 15.7. The fourth-order valence-electron chi connectivity index (χ4n) is 3.59. The molecule has 1 aliphatic rings. The summed E-state index contributed by atoms with van der Waals surface area (Å²) in [5.74, 6) is -0.213. The van der Waals surface area contributed by atoms with Gasteiger partial charge in [0.2, 0.25) is 0 Å². The molecule has 1 fully saturated rings. The minimum atomic E-state index is -0.213. The molecule has 168 valence electrons. The molecule has 1 aromatic heterocycles. The van der Waals surface area contributed by atoms with Crippen LogP contribution < -0.4 is 5.32 Å². The highest BCUT2D eigenvalue weighted by Gasteiger charge is 2.20. The van der Waals surface area contributed by atoms with Crippen LogP contribution in [-0.4, -0.2) is 34.0 Å². The lowest BCUT2D eigenvalue weighted by molar-refractivity contribution is 0.309. The summed E-state index contributed by atoms with van der Waals surface area (Å²) < 4.78 is 13.4. The Labute approximate surface area is 191 Å². The number of nitrogens with zero attached hydrogens (tertiary/aromatic N) is 3. The zero-order valence-electron chi connectivity index (χ0n) is 19.1. The van der Waals surface area contributed by atoms with Gasteiger partial charge in [-0.25, -0.2) is 14.4 Å². The van der Waals surface area contributed by atoms with Gasteiger partial charge in [0.05, 0.1) is 0 Å². The number of benzene rings is 2. The molecule has 5 heteroatoms. The molecule has 0 amide bonds. The van der Waals surface area contributed by atoms with Gasteiger partial charge in [0.15, 0.2) is 0 Å². The second-order valence-electron chi connectivity index (χ2n) is 7.07. The fraction of sp³-hybridized carbons (Fsp3) is 0.259. The van der Waals surface area contributed by atoms with Crippen LogP contribution in [0.4, 0.5) is 10.1 Å². The lowest BCUT2D eigenvalue weighted by Crippen LogP contribution is -2.37. The van der Waals surface area contributed by atoms with Crippen LogP contribution in [0.25, 0.3) is 16.8 Å². The Bertz CT molecular complexity index is 949. The van der Waals surface area contributed by atoms with Crippen LogP contribution >= 0.6 is 0 Å². The van der Waals surface area contributed by atoms with Crippen molar-refractivity contribution in [2.45, 2.75) is 32.7 Å². The van der Waals surface area contributed by atoms with Gasteiger partial charge < -0.3 is 10.2 Å². The molecule has 1 saturated heterocycles. The van der Waals surface area contributed by atoms with Crippen molar-refractivity contribution in [3.63, 3.8) is 0 Å². The summed E-state index contributed by atoms with van der Waals surface area (Å²) in [6, 6.07) is 15.3. The third kappa shape index (κ3) is 6.77. The van der Waals surface area contributed by atoms with Gasteiger partial charge in [-0.3, -0.25) is 0 Å². The van der Waals surface area contributed by atoms with Gasteiger partial charge in [-0.1, -0.05) is 44.7 Å². The van der Waals surface area contributed by atoms with Crippen LogP contribution in [0, 0.1) is 5.82 Å². The van der Waals surface area contributed by atoms with E-state index in [9.17, 15) is 4.39 Å². The Morgan fingerprint density at radius 1 is 0.969 bits per heavy atom. The van der Waals surface area contributed by atoms with Crippen LogP contribution in [-0.2, 0) is 0 Å². The highest BCUT2D eigenvalue weighted by atomic mass is 19.1. The van der Waals surface area contributed by atoms with Crippen molar-refractivity contribution in [2.75, 3.05) is 18.4 Å². The molecule has 0 atom stereocenters. The maximum absolute atomic E-state index is 13.4. The summed E-state index contributed by atoms with van der Waals surface area (Å²) in [5, 5.41) is 3.62. The van der Waals surface area contributed by atoms with Crippen LogP contribution in [0.15, 0.2) is 87.0 Å². The molecule has 0 radical (unpaired) electrons. The normalized spacial score (nSPS) is 13.2. The number of hydrogen-bond donors (Lipinski definition) is 1. The van der Waals surface area contributed by atoms with E-state index in [1.54, 1.807) is 24.5 Å². The van der Waals surface area contributed by atoms with E-state index in [-0.39, 0.29) is 5.82 Å². The number of halogens is 1. The van der Waals surface area contributed by atoms with Crippen molar-refractivity contribution < 1.29 is 4.39 Å². The molecular formula is C27H33FN4. The second-order valence-corrected chi connectivity index (χ2v) is 7.07. The summed E-state index contributed by atoms with van der Waals surface area (Å²) >= 11 is 0. The number of aromatic nitrogens is 2. The van der Waals surface area contributed by atoms with Gasteiger partial charge >= 0.3 is 0 Å². The first-order valence-corrected chi connectivity index (χ1v) is 11.0. The molecule has 1 N–H and O–H groups in total. The summed E-state index contributed by atoms with van der Waals surface area (Å²) in [6.07, 6.45) is 7.23. The Morgan fingerprint density at radius 3 is 2.19 bits per heavy atom. The topological polar surface area (TPSA) is 41.1 Å². The van der Waals surface area contributed by atoms with Crippen LogP contribution in [0.2, 0.25) is 0 Å². The number of likely N-dealkylation sites (tertiary alicyclic amines) is 1. The Hall–Kier alpha value is -3.47. The first kappa shape index (κ1) is 24.8. The van der Waals surface area contributed by atoms with Gasteiger partial charge in [-0.05, 0) is 48.2 Å². The Kier molecular flexibility index (Phi) is 10.1. The molecule has 0 bridgehead atoms. The van der Waals surface area contributed by atoms with E-state index in [0.29, 0.717) is 6.04 Å². The van der Waals surface area contributed by atoms with Crippen molar-refractivity contribution in [1.82, 2.24) is 14.9 Å². The third-order valence-corrected chi connectivity index (χ3v) is 5.18. The molecule has 1 aliphatic heterocycles. The quantitative estimate of drug-likeness (QED) is 0.458. The Balaban J connectivity index is 0.000000860. The van der Waals surface area contributed by atoms with Gasteiger partial charge in [-0.15, -0.1) is 13.2 Å². The van der Waals surface area contributed by atoms with Gasteiger partial charge in [0.1, 0.15) is 12.1 Å². The van der Waals surface area contributed by atoms with E-state index in [1.807, 2.05) is 32.0 Å². The van der Waals surface area contributed by atoms with Crippen LogP contribution in [0.1, 0.15) is 32.3 Å². The van der Waals surface area contributed by atoms with Gasteiger partial charge in [0.25, 0.3) is 0 Å². The second kappa shape index (κ2) is 13.1. The molecular weight excluding hydrogens is 399 g/mol. The van der Waals surface area contributed by atoms with Gasteiger partial charge in [0, 0.05) is 48.5 Å². The zero-order valence-corrected chi connectivity index (χ0v) is 19.1. The third-order valence-electron chi connectivity index (χ3n) is 5.18. The number of piperidine rings is 1. The van der Waals surface area contributed by atoms with E-state index in [4.69, 9.17) is 0 Å². The summed E-state index contributed by atoms with van der Waals surface area (Å²) in [4.78, 5) is 10.4. The molecule has 2 aromatic carbocycles. The van der Waals surface area contributed by atoms with Crippen LogP contribution in [0.3, 0.4) is 0 Å². The van der Waals surface area contributed by atoms with Crippen molar-refractivity contribution >= 4 is 11.4 Å². The van der Waals surface area contributed by atoms with Crippen LogP contribution in [0.5, 0.6) is 0 Å². The van der Waals surface area contributed by atoms with Gasteiger partial charge in [-0.2, -0.15) is 0 Å². The first-order valence-electron chi connectivity index (χ1n) is 11.0. The molecule has 2 heterocycles. The fourth-order valence-corrected chi connectivity index (χ4v) is 3.59. The maximum atomic E-state index is 13.4. The van der Waals surface area contributed by atoms with E-state index < -0.39 is 0 Å². The lowest BCUT2D eigenvalue weighted by Gasteiger charge is -2.35.